The molecule has 3 aliphatic rings. The van der Waals surface area contributed by atoms with Crippen molar-refractivity contribution in [1.82, 2.24) is 40.9 Å². The van der Waals surface area contributed by atoms with E-state index in [9.17, 15) is 70.8 Å². The molecule has 0 aromatic heterocycles. The molecule has 2 unspecified atom stereocenters. The normalized spacial score (nSPS) is 18.2. The van der Waals surface area contributed by atoms with Crippen LogP contribution in [0, 0.1) is 23.7 Å². The molecule has 1 saturated carbocycles. The minimum Gasteiger partial charge on any atom is -0.444 e. The van der Waals surface area contributed by atoms with Crippen molar-refractivity contribution in [2.24, 2.45) is 29.4 Å². The Morgan fingerprint density at radius 2 is 1.46 bits per heavy atom. The lowest BCUT2D eigenvalue weighted by Crippen LogP contribution is -2.65. The molecular formula is C68H102N10O19S. The number of likely N-dealkylation sites (N-methyl/N-ethyl adjacent to an activating group) is 2. The minimum absolute atomic E-state index is 0.0194. The lowest BCUT2D eigenvalue weighted by molar-refractivity contribution is -0.148. The lowest BCUT2D eigenvalue weighted by atomic mass is 9.75. The van der Waals surface area contributed by atoms with Gasteiger partial charge in [0.05, 0.1) is 68.5 Å². The van der Waals surface area contributed by atoms with Gasteiger partial charge in [0, 0.05) is 71.1 Å². The quantitative estimate of drug-likeness (QED) is 0.0269. The van der Waals surface area contributed by atoms with Gasteiger partial charge < -0.3 is 66.2 Å². The number of unbranched alkanes of at least 4 members (excludes halogenated alkanes) is 1. The van der Waals surface area contributed by atoms with Crippen LogP contribution in [0.3, 0.4) is 0 Å². The van der Waals surface area contributed by atoms with Crippen molar-refractivity contribution in [2.75, 3.05) is 59.9 Å². The largest absolute Gasteiger partial charge is 0.444 e. The third-order valence-corrected chi connectivity index (χ3v) is 19.6. The molecule has 2 fully saturated rings. The molecule has 544 valence electrons. The lowest BCUT2D eigenvalue weighted by Gasteiger charge is -2.41. The zero-order chi connectivity index (χ0) is 72.9. The van der Waals surface area contributed by atoms with Crippen LogP contribution in [-0.4, -0.2) is 211 Å². The molecule has 29 nitrogen and oxygen atoms in total. The molecular weight excluding hydrogens is 1290 g/mol. The summed E-state index contributed by atoms with van der Waals surface area (Å²) < 4.78 is 59.4. The number of nitrogens with two attached hydrogens (primary N) is 1. The number of benzene rings is 2. The van der Waals surface area contributed by atoms with E-state index in [-0.39, 0.29) is 100 Å². The van der Waals surface area contributed by atoms with Crippen LogP contribution in [0.15, 0.2) is 65.6 Å². The van der Waals surface area contributed by atoms with Crippen molar-refractivity contribution in [1.29, 1.82) is 0 Å². The van der Waals surface area contributed by atoms with Gasteiger partial charge in [0.15, 0.2) is 0 Å². The van der Waals surface area contributed by atoms with Gasteiger partial charge in [-0.15, -0.1) is 0 Å². The van der Waals surface area contributed by atoms with Gasteiger partial charge in [0.1, 0.15) is 35.2 Å². The molecule has 5 rings (SSSR count). The summed E-state index contributed by atoms with van der Waals surface area (Å²) in [5, 5.41) is 24.7. The third kappa shape index (κ3) is 21.8. The summed E-state index contributed by atoms with van der Waals surface area (Å²) in [6.45, 7) is 13.6. The van der Waals surface area contributed by atoms with Crippen molar-refractivity contribution in [2.45, 2.75) is 204 Å². The molecule has 2 aromatic carbocycles. The van der Waals surface area contributed by atoms with E-state index in [4.69, 9.17) is 24.7 Å². The fraction of sp³-hybridized carbons (Fsp3) is 0.632. The van der Waals surface area contributed by atoms with Gasteiger partial charge in [-0.25, -0.2) is 4.79 Å². The average molecular weight is 1400 g/mol. The van der Waals surface area contributed by atoms with Crippen molar-refractivity contribution in [3.63, 3.8) is 0 Å². The first kappa shape index (κ1) is 80.8. The van der Waals surface area contributed by atoms with E-state index < -0.39 is 153 Å². The van der Waals surface area contributed by atoms with Crippen LogP contribution in [0.4, 0.5) is 10.5 Å². The van der Waals surface area contributed by atoms with Crippen LogP contribution in [0.25, 0.3) is 0 Å². The van der Waals surface area contributed by atoms with E-state index in [1.54, 1.807) is 77.8 Å². The number of nitrogens with zero attached hydrogens (tertiary/aromatic N) is 4. The first-order valence-electron chi connectivity index (χ1n) is 33.5. The topological polar surface area (TPSA) is 398 Å². The maximum absolute atomic E-state index is 14.9. The molecule has 9 N–H and O–H groups in total. The van der Waals surface area contributed by atoms with Gasteiger partial charge in [-0.2, -0.15) is 8.42 Å². The summed E-state index contributed by atoms with van der Waals surface area (Å²) >= 11 is 0. The molecule has 11 amide bonds. The number of methoxy groups -OCH3 is 2. The van der Waals surface area contributed by atoms with E-state index in [2.05, 4.69) is 26.6 Å². The monoisotopic (exact) mass is 1390 g/mol. The van der Waals surface area contributed by atoms with E-state index in [0.717, 1.165) is 28.0 Å². The number of aliphatic hydroxyl groups excluding tert-OH is 1. The number of likely N-dealkylation sites (tertiary alicyclic amines) is 1. The van der Waals surface area contributed by atoms with Crippen molar-refractivity contribution in [3.05, 3.63) is 71.8 Å². The molecule has 0 bridgehead atoms. The maximum Gasteiger partial charge on any atom is 0.410 e. The number of carbonyl (C=O) groups excluding carboxylic acids is 11. The Bertz CT molecular complexity index is 3260. The Hall–Kier alpha value is -7.90. The Morgan fingerprint density at radius 1 is 0.796 bits per heavy atom. The predicted octanol–water partition coefficient (Wildman–Crippen LogP) is 3.67. The molecule has 1 aliphatic carbocycles. The first-order chi connectivity index (χ1) is 46.2. The number of imide groups is 1. The highest BCUT2D eigenvalue weighted by Gasteiger charge is 2.47. The Morgan fingerprint density at radius 3 is 2.03 bits per heavy atom. The molecule has 30 heteroatoms. The summed E-state index contributed by atoms with van der Waals surface area (Å²) in [5.74, 6) is -7.53. The zero-order valence-electron chi connectivity index (χ0n) is 58.4. The van der Waals surface area contributed by atoms with Gasteiger partial charge in [0.25, 0.3) is 21.9 Å². The average Bonchev–Trinajstić information content (AvgIpc) is 0.932. The fourth-order valence-corrected chi connectivity index (χ4v) is 13.4. The summed E-state index contributed by atoms with van der Waals surface area (Å²) in [6.07, 6.45) is 1.58. The van der Waals surface area contributed by atoms with Gasteiger partial charge in [0.2, 0.25) is 47.3 Å². The maximum atomic E-state index is 14.9. The first-order valence-corrected chi connectivity index (χ1v) is 34.9. The number of carbonyl (C=O) groups is 11. The number of amides is 11. The van der Waals surface area contributed by atoms with Crippen LogP contribution in [0.5, 0.6) is 0 Å². The van der Waals surface area contributed by atoms with Gasteiger partial charge in [-0.05, 0) is 87.3 Å². The Balaban J connectivity index is 1.23. The number of ether oxygens (including phenoxy) is 4. The Kier molecular flexibility index (Phi) is 30.8. The number of rotatable bonds is 39. The van der Waals surface area contributed by atoms with Gasteiger partial charge >= 0.3 is 6.09 Å². The van der Waals surface area contributed by atoms with E-state index in [1.807, 2.05) is 19.9 Å². The third-order valence-electron chi connectivity index (χ3n) is 18.7. The molecule has 98 heavy (non-hydrogen) atoms. The highest BCUT2D eigenvalue weighted by Crippen LogP contribution is 2.34. The standard InChI is InChI=1S/C68H102N10O19S/c1-13-42(6)59(50(94-11)38-56(83)77-33-19-24-49(77)61(95-12)43(7)62(85)70-44(8)60(84)45-21-15-14-16-22-45)75(9)65(88)57(40(2)3)73-64(87)58(41(4)5)76(10)67(90)97-39-46-26-27-47(37-51(46)98(91,92)93)71-63(86)48(23-17-18-25-52(69)79)72-66(89)68(31-20-32-68)74-53(80)30-35-96-36-34-78-54(81)28-29-55(78)82/h14-16,21-22,26-29,37,40-44,48-50,57-61,84H,13,17-20,23-25,30-36,38-39H2,1-12H3,(H2,69,79)(H,70,85)(H,71,86)(H,72,89)(H,73,87)(H,74,80)(H,91,92,93)/t42?,43-,44-,48+,49+,50-,57+,58+,59?,60-,61-/m1/s1. The van der Waals surface area contributed by atoms with Crippen molar-refractivity contribution >= 4 is 81.0 Å². The van der Waals surface area contributed by atoms with E-state index in [0.29, 0.717) is 37.8 Å². The van der Waals surface area contributed by atoms with Gasteiger partial charge in [-0.3, -0.25) is 62.3 Å². The molecule has 0 spiro atoms. The number of hydrogen-bond donors (Lipinski definition) is 8. The Labute approximate surface area is 574 Å². The molecule has 0 radical (unpaired) electrons. The van der Waals surface area contributed by atoms with Gasteiger partial charge in [-0.1, -0.05) is 97.7 Å². The van der Waals surface area contributed by atoms with Crippen LogP contribution in [-0.2, 0) is 83.6 Å². The summed E-state index contributed by atoms with van der Waals surface area (Å²) in [5.41, 5.74) is 4.18. The van der Waals surface area contributed by atoms with Crippen molar-refractivity contribution < 1.29 is 89.8 Å². The molecule has 11 atom stereocenters. The zero-order valence-corrected chi connectivity index (χ0v) is 59.2. The fourth-order valence-electron chi connectivity index (χ4n) is 12.7. The number of primary amides is 1. The van der Waals surface area contributed by atoms with Crippen molar-refractivity contribution in [3.8, 4) is 0 Å². The highest BCUT2D eigenvalue weighted by atomic mass is 32.2. The van der Waals surface area contributed by atoms with E-state index >= 15 is 0 Å². The SMILES string of the molecule is CCC(C)C([C@@H](CC(=O)N1CCC[C@H]1[C@H](OC)[C@@H](C)C(=O)N[C@H](C)[C@@H](O)c1ccccc1)OC)N(C)C(=O)[C@@H](NC(=O)[C@H](C(C)C)N(C)C(=O)OCc1ccc(NC(=O)[C@H](CCCCC(N)=O)NC(=O)C2(NC(=O)CCOCCN3C(=O)C=CC3=O)CCC2)cc1S(=O)(=O)O)C(C)C. The second-order valence-corrected chi connectivity index (χ2v) is 27.7. The molecule has 2 aliphatic heterocycles. The summed E-state index contributed by atoms with van der Waals surface area (Å²) in [6, 6.07) is 6.78. The number of anilines is 1. The number of hydrogen-bond acceptors (Lipinski definition) is 18. The highest BCUT2D eigenvalue weighted by molar-refractivity contribution is 7.85. The van der Waals surface area contributed by atoms with Crippen LogP contribution < -0.4 is 32.3 Å². The second-order valence-electron chi connectivity index (χ2n) is 26.4. The molecule has 1 saturated heterocycles. The van der Waals surface area contributed by atoms with Crippen LogP contribution in [0.1, 0.15) is 150 Å². The van der Waals surface area contributed by atoms with Crippen LogP contribution in [0.2, 0.25) is 0 Å². The smallest absolute Gasteiger partial charge is 0.410 e. The molecule has 2 aromatic rings. The summed E-state index contributed by atoms with van der Waals surface area (Å²) in [4.78, 5) is 152. The minimum atomic E-state index is -5.10. The number of aliphatic hydroxyl groups is 1. The predicted molar refractivity (Wildman–Crippen MR) is 359 cm³/mol. The molecule has 2 heterocycles. The summed E-state index contributed by atoms with van der Waals surface area (Å²) in [7, 11) is 0.712. The van der Waals surface area contributed by atoms with Crippen LogP contribution >= 0.6 is 0 Å². The second kappa shape index (κ2) is 37.3. The van der Waals surface area contributed by atoms with E-state index in [1.165, 1.54) is 38.3 Å². The number of nitrogens with one attached hydrogen (secondary N) is 5.